The summed E-state index contributed by atoms with van der Waals surface area (Å²) in [7, 11) is -3.94. The molecule has 2 saturated heterocycles. The molecule has 5 aromatic carbocycles. The van der Waals surface area contributed by atoms with Crippen LogP contribution in [0, 0.1) is 13.3 Å². The Balaban J connectivity index is 1.46. The highest BCUT2D eigenvalue weighted by atomic mass is 31.2. The van der Waals surface area contributed by atoms with Crippen molar-refractivity contribution in [2.75, 3.05) is 0 Å². The Morgan fingerprint density at radius 3 is 0.786 bits per heavy atom. The van der Waals surface area contributed by atoms with Crippen molar-refractivity contribution in [3.8, 4) is 0 Å². The van der Waals surface area contributed by atoms with Crippen LogP contribution in [0.25, 0.3) is 0 Å². The van der Waals surface area contributed by atoms with Gasteiger partial charge >= 0.3 is 0 Å². The van der Waals surface area contributed by atoms with E-state index >= 15 is 0 Å². The van der Waals surface area contributed by atoms with E-state index in [4.69, 9.17) is 13.3 Å². The molecule has 2 fully saturated rings. The highest BCUT2D eigenvalue weighted by Gasteiger charge is 2.57. The van der Waals surface area contributed by atoms with E-state index in [9.17, 15) is 0 Å². The molecule has 0 saturated carbocycles. The Morgan fingerprint density at radius 2 is 0.548 bits per heavy atom. The third kappa shape index (κ3) is 4.60. The van der Waals surface area contributed by atoms with E-state index in [0.29, 0.717) is 22.6 Å². The summed E-state index contributed by atoms with van der Waals surface area (Å²) in [6.45, 7) is 10.8. The fourth-order valence-corrected chi connectivity index (χ4v) is 18.6. The minimum Gasteiger partial charge on any atom is -0.174 e. The van der Waals surface area contributed by atoms with Gasteiger partial charge in [0.25, 0.3) is 0 Å². The zero-order valence-corrected chi connectivity index (χ0v) is 26.1. The molecule has 5 aromatic rings. The summed E-state index contributed by atoms with van der Waals surface area (Å²) in [5.41, 5.74) is 7.61. The summed E-state index contributed by atoms with van der Waals surface area (Å²) in [6, 6.07) is 54.6. The molecule has 42 heavy (non-hydrogen) atoms. The molecule has 0 nitrogen and oxygen atoms in total. The molecule has 2 heterocycles. The summed E-state index contributed by atoms with van der Waals surface area (Å²) >= 11 is 0. The van der Waals surface area contributed by atoms with Gasteiger partial charge in [0.15, 0.2) is 0 Å². The van der Waals surface area contributed by atoms with Gasteiger partial charge in [0.1, 0.15) is 10.6 Å². The maximum Gasteiger partial charge on any atom is 0.105 e. The molecule has 4 atom stereocenters. The minimum atomic E-state index is -1.97. The lowest BCUT2D eigenvalue weighted by Crippen LogP contribution is -2.33. The molecule has 7 rings (SSSR count). The fourth-order valence-electron chi connectivity index (χ4n) is 8.26. The summed E-state index contributed by atoms with van der Waals surface area (Å²) < 4.78 is 0. The van der Waals surface area contributed by atoms with Crippen LogP contribution in [0.2, 0.25) is 0 Å². The van der Waals surface area contributed by atoms with Gasteiger partial charge in [0.2, 0.25) is 0 Å². The first-order valence-electron chi connectivity index (χ1n) is 15.4. The van der Waals surface area contributed by atoms with Crippen molar-refractivity contribution in [2.24, 2.45) is 0 Å². The number of rotatable bonds is 6. The Morgan fingerprint density at radius 1 is 0.333 bits per heavy atom. The molecule has 0 aromatic heterocycles. The minimum absolute atomic E-state index is 0.449. The van der Waals surface area contributed by atoms with Gasteiger partial charge in [-0.25, -0.2) is 0 Å². The molecule has 2 aliphatic rings. The zero-order valence-electron chi connectivity index (χ0n) is 24.3. The quantitative estimate of drug-likeness (QED) is 0.138. The van der Waals surface area contributed by atoms with Crippen molar-refractivity contribution in [1.82, 2.24) is 0 Å². The van der Waals surface area contributed by atoms with Crippen LogP contribution in [-0.4, -0.2) is 0 Å². The van der Waals surface area contributed by atoms with E-state index in [0.717, 1.165) is 0 Å². The van der Waals surface area contributed by atoms with Crippen LogP contribution in [0.1, 0.15) is 70.6 Å². The topological polar surface area (TPSA) is 0 Å². The smallest absolute Gasteiger partial charge is 0.105 e. The third-order valence-electron chi connectivity index (χ3n) is 10.2. The van der Waals surface area contributed by atoms with Crippen molar-refractivity contribution >= 4 is 25.1 Å². The van der Waals surface area contributed by atoms with Gasteiger partial charge in [-0.05, 0) is 60.1 Å². The largest absolute Gasteiger partial charge is 0.174 e. The lowest BCUT2D eigenvalue weighted by atomic mass is 10.0. The summed E-state index contributed by atoms with van der Waals surface area (Å²) in [4.78, 5) is 0. The molecule has 0 amide bonds. The Labute approximate surface area is 253 Å². The van der Waals surface area contributed by atoms with E-state index in [2.05, 4.69) is 146 Å². The van der Waals surface area contributed by atoms with E-state index in [1.54, 1.807) is 0 Å². The second kappa shape index (κ2) is 11.6. The van der Waals surface area contributed by atoms with Crippen LogP contribution in [-0.2, 0) is 0 Å². The molecule has 0 aliphatic carbocycles. The van der Waals surface area contributed by atoms with Crippen molar-refractivity contribution < 1.29 is 0 Å². The lowest BCUT2D eigenvalue weighted by Gasteiger charge is -2.44. The molecule has 0 spiro atoms. The first kappa shape index (κ1) is 27.8. The van der Waals surface area contributed by atoms with Gasteiger partial charge in [-0.15, -0.1) is 0 Å². The van der Waals surface area contributed by atoms with Crippen molar-refractivity contribution in [3.05, 3.63) is 181 Å². The van der Waals surface area contributed by atoms with Gasteiger partial charge in [0.05, 0.1) is 22.6 Å². The normalized spacial score (nSPS) is 24.4. The average Bonchev–Trinajstić information content (AvgIpc) is 3.61. The van der Waals surface area contributed by atoms with Gasteiger partial charge in [0, 0.05) is 0 Å². The van der Waals surface area contributed by atoms with Gasteiger partial charge in [-0.1, -0.05) is 148 Å². The van der Waals surface area contributed by atoms with Gasteiger partial charge in [-0.3, -0.25) is 0 Å². The van der Waals surface area contributed by atoms with E-state index in [-0.39, 0.29) is 0 Å². The summed E-state index contributed by atoms with van der Waals surface area (Å²) in [5, 5.41) is 3.08. The van der Waals surface area contributed by atoms with Gasteiger partial charge < -0.3 is 0 Å². The highest BCUT2D eigenvalue weighted by molar-refractivity contribution is 7.90. The Kier molecular flexibility index (Phi) is 7.65. The van der Waals surface area contributed by atoms with Crippen LogP contribution in [0.5, 0.6) is 0 Å². The third-order valence-corrected chi connectivity index (χ3v) is 19.6. The van der Waals surface area contributed by atoms with E-state index in [1.165, 1.54) is 58.5 Å². The van der Waals surface area contributed by atoms with Crippen LogP contribution >= 0.6 is 14.5 Å². The van der Waals surface area contributed by atoms with E-state index < -0.39 is 14.5 Å². The molecule has 210 valence electrons. The highest BCUT2D eigenvalue weighted by Crippen LogP contribution is 2.87. The summed E-state index contributed by atoms with van der Waals surface area (Å²) in [5.74, 6) is 0. The standard InChI is InChI=1S/C40H40P2/c1-41(35(31-17-7-3-8-18-31)27-28-36(41)32-19-9-4-10-20-32)39-25-15-16-26-40(39)42(2)37(33-21-11-5-12-22-33)29-30-38(42)34-23-13-6-14-24-34/h3-26,35-38H,1-2,27-30H2/t35-,36-,37-,38-/m0/s1. The number of benzene rings is 5. The number of hydrogen-bond acceptors (Lipinski definition) is 0. The molecule has 0 bridgehead atoms. The maximum atomic E-state index is 5.41. The maximum absolute atomic E-state index is 5.41. The van der Waals surface area contributed by atoms with Crippen molar-refractivity contribution in [3.63, 3.8) is 0 Å². The van der Waals surface area contributed by atoms with Crippen molar-refractivity contribution in [1.29, 1.82) is 0 Å². The Hall–Kier alpha value is -3.04. The molecular formula is C40H40P2. The van der Waals surface area contributed by atoms with Crippen LogP contribution in [0.4, 0.5) is 0 Å². The fraction of sp³-hybridized carbons (Fsp3) is 0.200. The van der Waals surface area contributed by atoms with Crippen LogP contribution in [0.15, 0.2) is 146 Å². The molecular weight excluding hydrogens is 542 g/mol. The summed E-state index contributed by atoms with van der Waals surface area (Å²) in [6.07, 6.45) is 4.73. The zero-order chi connectivity index (χ0) is 28.6. The second-order valence-electron chi connectivity index (χ2n) is 12.2. The monoisotopic (exact) mass is 582 g/mol. The van der Waals surface area contributed by atoms with Crippen LogP contribution in [0.3, 0.4) is 0 Å². The van der Waals surface area contributed by atoms with Gasteiger partial charge in [-0.2, -0.15) is 13.3 Å². The van der Waals surface area contributed by atoms with Crippen molar-refractivity contribution in [2.45, 2.75) is 48.3 Å². The molecule has 0 radical (unpaired) electrons. The average molecular weight is 583 g/mol. The lowest BCUT2D eigenvalue weighted by molar-refractivity contribution is 0.765. The predicted molar refractivity (Wildman–Crippen MR) is 185 cm³/mol. The molecule has 2 heteroatoms. The first-order valence-corrected chi connectivity index (χ1v) is 19.6. The number of hydrogen-bond donors (Lipinski definition) is 0. The predicted octanol–water partition coefficient (Wildman–Crippen LogP) is 11.1. The second-order valence-corrected chi connectivity index (χ2v) is 19.4. The first-order chi connectivity index (χ1) is 20.6. The molecule has 2 aliphatic heterocycles. The van der Waals surface area contributed by atoms with Crippen LogP contribution < -0.4 is 10.6 Å². The molecule has 0 N–H and O–H groups in total. The molecule has 0 unspecified atom stereocenters. The van der Waals surface area contributed by atoms with E-state index in [1.807, 2.05) is 0 Å². The Bertz CT molecular complexity index is 1400. The SMILES string of the molecule is [CH2-][P+]1(c2ccccc2[P+]2([CH2-])[C@H](c3ccccc3)CC[C@H]2c2ccccc2)[C@H](c2ccccc2)CC[C@H]1c1ccccc1.